The molecule has 0 fully saturated rings. The van der Waals surface area contributed by atoms with Gasteiger partial charge in [0.25, 0.3) is 0 Å². The van der Waals surface area contributed by atoms with Crippen LogP contribution < -0.4 is 15.4 Å². The molecule has 2 N–H and O–H groups in total. The van der Waals surface area contributed by atoms with Gasteiger partial charge in [0.1, 0.15) is 5.75 Å². The van der Waals surface area contributed by atoms with Crippen LogP contribution in [0.15, 0.2) is 24.3 Å². The zero-order chi connectivity index (χ0) is 12.0. The van der Waals surface area contributed by atoms with Crippen molar-refractivity contribution in [3.05, 3.63) is 24.3 Å². The van der Waals surface area contributed by atoms with Gasteiger partial charge in [-0.05, 0) is 25.5 Å². The second kappa shape index (κ2) is 6.00. The van der Waals surface area contributed by atoms with Crippen molar-refractivity contribution in [1.29, 1.82) is 0 Å². The van der Waals surface area contributed by atoms with Gasteiger partial charge in [-0.1, -0.05) is 19.1 Å². The molecule has 2 amide bonds. The highest BCUT2D eigenvalue weighted by molar-refractivity contribution is 5.91. The summed E-state index contributed by atoms with van der Waals surface area (Å²) in [5.74, 6) is 0.654. The summed E-state index contributed by atoms with van der Waals surface area (Å²) in [5, 5.41) is 5.58. The summed E-state index contributed by atoms with van der Waals surface area (Å²) in [5.41, 5.74) is 0.672. The van der Waals surface area contributed by atoms with Gasteiger partial charge in [0, 0.05) is 6.04 Å². The minimum absolute atomic E-state index is 0.162. The molecular formula is C12H18N2O2. The molecule has 0 radical (unpaired) electrons. The van der Waals surface area contributed by atoms with E-state index in [1.54, 1.807) is 19.2 Å². The van der Waals surface area contributed by atoms with Crippen LogP contribution in [-0.2, 0) is 0 Å². The lowest BCUT2D eigenvalue weighted by atomic mass is 10.2. The quantitative estimate of drug-likeness (QED) is 0.822. The van der Waals surface area contributed by atoms with E-state index < -0.39 is 0 Å². The smallest absolute Gasteiger partial charge is 0.319 e. The van der Waals surface area contributed by atoms with Crippen molar-refractivity contribution >= 4 is 11.7 Å². The third kappa shape index (κ3) is 3.46. The molecule has 1 atom stereocenters. The Bertz CT molecular complexity index is 353. The number of hydrogen-bond donors (Lipinski definition) is 2. The van der Waals surface area contributed by atoms with Gasteiger partial charge in [-0.3, -0.25) is 0 Å². The van der Waals surface area contributed by atoms with E-state index in [2.05, 4.69) is 10.6 Å². The van der Waals surface area contributed by atoms with Crippen molar-refractivity contribution in [3.63, 3.8) is 0 Å². The number of carbonyl (C=O) groups is 1. The predicted octanol–water partition coefficient (Wildman–Crippen LogP) is 2.62. The first-order chi connectivity index (χ1) is 7.67. The SMILES string of the molecule is CCC(C)NC(=O)Nc1ccccc1OC. The second-order valence-corrected chi connectivity index (χ2v) is 3.61. The number of methoxy groups -OCH3 is 1. The maximum Gasteiger partial charge on any atom is 0.319 e. The Hall–Kier alpha value is -1.71. The molecule has 0 saturated heterocycles. The van der Waals surface area contributed by atoms with E-state index in [4.69, 9.17) is 4.74 Å². The number of benzene rings is 1. The standard InChI is InChI=1S/C12H18N2O2/c1-4-9(2)13-12(15)14-10-7-5-6-8-11(10)16-3/h5-9H,4H2,1-3H3,(H2,13,14,15). The largest absolute Gasteiger partial charge is 0.495 e. The van der Waals surface area contributed by atoms with Gasteiger partial charge in [0.05, 0.1) is 12.8 Å². The summed E-state index contributed by atoms with van der Waals surface area (Å²) in [7, 11) is 1.58. The number of hydrogen-bond acceptors (Lipinski definition) is 2. The predicted molar refractivity (Wildman–Crippen MR) is 64.9 cm³/mol. The zero-order valence-electron chi connectivity index (χ0n) is 9.91. The molecule has 0 bridgehead atoms. The van der Waals surface area contributed by atoms with E-state index >= 15 is 0 Å². The first-order valence-electron chi connectivity index (χ1n) is 5.38. The summed E-state index contributed by atoms with van der Waals surface area (Å²) in [6.45, 7) is 3.98. The Balaban J connectivity index is 2.62. The summed E-state index contributed by atoms with van der Waals surface area (Å²) >= 11 is 0. The van der Waals surface area contributed by atoms with Crippen molar-refractivity contribution in [2.24, 2.45) is 0 Å². The number of nitrogens with one attached hydrogen (secondary N) is 2. The highest BCUT2D eigenvalue weighted by Crippen LogP contribution is 2.22. The fourth-order valence-electron chi connectivity index (χ4n) is 1.23. The topological polar surface area (TPSA) is 50.4 Å². The Morgan fingerprint density at radius 1 is 1.44 bits per heavy atom. The van der Waals surface area contributed by atoms with Crippen molar-refractivity contribution in [2.45, 2.75) is 26.3 Å². The highest BCUT2D eigenvalue weighted by Gasteiger charge is 2.08. The molecule has 0 aliphatic rings. The maximum absolute atomic E-state index is 11.6. The van der Waals surface area contributed by atoms with Crippen LogP contribution in [0.4, 0.5) is 10.5 Å². The molecule has 0 saturated carbocycles. The van der Waals surface area contributed by atoms with Crippen LogP contribution in [0.25, 0.3) is 0 Å². The van der Waals surface area contributed by atoms with Crippen LogP contribution >= 0.6 is 0 Å². The second-order valence-electron chi connectivity index (χ2n) is 3.61. The molecule has 1 aromatic carbocycles. The minimum atomic E-state index is -0.209. The van der Waals surface area contributed by atoms with Crippen LogP contribution in [0.5, 0.6) is 5.75 Å². The van der Waals surface area contributed by atoms with E-state index in [0.717, 1.165) is 6.42 Å². The molecule has 16 heavy (non-hydrogen) atoms. The third-order valence-electron chi connectivity index (χ3n) is 2.35. The van der Waals surface area contributed by atoms with Gasteiger partial charge in [-0.25, -0.2) is 4.79 Å². The molecule has 4 nitrogen and oxygen atoms in total. The molecule has 1 rings (SSSR count). The van der Waals surface area contributed by atoms with Gasteiger partial charge >= 0.3 is 6.03 Å². The Morgan fingerprint density at radius 3 is 2.75 bits per heavy atom. The highest BCUT2D eigenvalue weighted by atomic mass is 16.5. The molecule has 0 heterocycles. The summed E-state index contributed by atoms with van der Waals surface area (Å²) in [6.07, 6.45) is 0.902. The number of rotatable bonds is 4. The number of para-hydroxylation sites is 2. The third-order valence-corrected chi connectivity index (χ3v) is 2.35. The Kier molecular flexibility index (Phi) is 4.64. The van der Waals surface area contributed by atoms with Crippen LogP contribution in [0.3, 0.4) is 0 Å². The van der Waals surface area contributed by atoms with Crippen LogP contribution in [0.2, 0.25) is 0 Å². The normalized spacial score (nSPS) is 11.7. The minimum Gasteiger partial charge on any atom is -0.495 e. The molecule has 88 valence electrons. The number of anilines is 1. The van der Waals surface area contributed by atoms with Crippen molar-refractivity contribution in [2.75, 3.05) is 12.4 Å². The van der Waals surface area contributed by atoms with E-state index in [1.165, 1.54) is 0 Å². The zero-order valence-corrected chi connectivity index (χ0v) is 9.91. The molecule has 0 spiro atoms. The van der Waals surface area contributed by atoms with Gasteiger partial charge in [0.15, 0.2) is 0 Å². The molecule has 0 aliphatic carbocycles. The van der Waals surface area contributed by atoms with E-state index in [0.29, 0.717) is 11.4 Å². The lowest BCUT2D eigenvalue weighted by molar-refractivity contribution is 0.249. The fourth-order valence-corrected chi connectivity index (χ4v) is 1.23. The van der Waals surface area contributed by atoms with Gasteiger partial charge in [-0.2, -0.15) is 0 Å². The first-order valence-corrected chi connectivity index (χ1v) is 5.38. The summed E-state index contributed by atoms with van der Waals surface area (Å²) in [6, 6.07) is 7.26. The van der Waals surface area contributed by atoms with Crippen molar-refractivity contribution < 1.29 is 9.53 Å². The first kappa shape index (κ1) is 12.4. The monoisotopic (exact) mass is 222 g/mol. The maximum atomic E-state index is 11.6. The fraction of sp³-hybridized carbons (Fsp3) is 0.417. The Labute approximate surface area is 96.0 Å². The summed E-state index contributed by atoms with van der Waals surface area (Å²) in [4.78, 5) is 11.6. The van der Waals surface area contributed by atoms with Gasteiger partial charge in [-0.15, -0.1) is 0 Å². The van der Waals surface area contributed by atoms with Crippen molar-refractivity contribution in [3.8, 4) is 5.75 Å². The number of urea groups is 1. The lowest BCUT2D eigenvalue weighted by Crippen LogP contribution is -2.35. The number of carbonyl (C=O) groups excluding carboxylic acids is 1. The lowest BCUT2D eigenvalue weighted by Gasteiger charge is -2.14. The van der Waals surface area contributed by atoms with Crippen LogP contribution in [-0.4, -0.2) is 19.2 Å². The van der Waals surface area contributed by atoms with Crippen LogP contribution in [0.1, 0.15) is 20.3 Å². The molecule has 0 aliphatic heterocycles. The number of ether oxygens (including phenoxy) is 1. The Morgan fingerprint density at radius 2 is 2.12 bits per heavy atom. The number of amides is 2. The van der Waals surface area contributed by atoms with Crippen LogP contribution in [0, 0.1) is 0 Å². The summed E-state index contributed by atoms with van der Waals surface area (Å²) < 4.78 is 5.14. The van der Waals surface area contributed by atoms with Gasteiger partial charge in [0.2, 0.25) is 0 Å². The molecule has 1 aromatic rings. The van der Waals surface area contributed by atoms with Gasteiger partial charge < -0.3 is 15.4 Å². The van der Waals surface area contributed by atoms with E-state index in [9.17, 15) is 4.79 Å². The average molecular weight is 222 g/mol. The molecular weight excluding hydrogens is 204 g/mol. The van der Waals surface area contributed by atoms with E-state index in [-0.39, 0.29) is 12.1 Å². The molecule has 0 aromatic heterocycles. The molecule has 4 heteroatoms. The average Bonchev–Trinajstić information content (AvgIpc) is 2.29. The van der Waals surface area contributed by atoms with E-state index in [1.807, 2.05) is 26.0 Å². The molecule has 1 unspecified atom stereocenters. The van der Waals surface area contributed by atoms with Crippen molar-refractivity contribution in [1.82, 2.24) is 5.32 Å².